The molecule has 11 heteroatoms. The van der Waals surface area contributed by atoms with Crippen molar-refractivity contribution < 1.29 is 24.2 Å². The van der Waals surface area contributed by atoms with Crippen molar-refractivity contribution in [1.82, 2.24) is 15.0 Å². The number of carbonyl (C=O) groups excluding carboxylic acids is 2. The molecule has 4 atom stereocenters. The maximum Gasteiger partial charge on any atom is 0.261 e. The van der Waals surface area contributed by atoms with Crippen LogP contribution in [0.5, 0.6) is 0 Å². The highest BCUT2D eigenvalue weighted by Crippen LogP contribution is 2.58. The third kappa shape index (κ3) is 4.00. The number of aliphatic hydroxyl groups excluding tert-OH is 1. The van der Waals surface area contributed by atoms with E-state index in [-0.39, 0.29) is 36.0 Å². The summed E-state index contributed by atoms with van der Waals surface area (Å²) in [4.78, 5) is 38.9. The minimum atomic E-state index is -2.74. The topological polar surface area (TPSA) is 130 Å². The van der Waals surface area contributed by atoms with E-state index in [9.17, 15) is 14.4 Å². The fourth-order valence-electron chi connectivity index (χ4n) is 6.18. The second kappa shape index (κ2) is 8.81. The van der Waals surface area contributed by atoms with Gasteiger partial charge in [0.2, 0.25) is 5.91 Å². The zero-order valence-electron chi connectivity index (χ0n) is 20.4. The zero-order valence-corrected chi connectivity index (χ0v) is 21.4. The molecule has 0 unspecified atom stereocenters. The zero-order chi connectivity index (χ0) is 25.0. The lowest BCUT2D eigenvalue weighted by molar-refractivity contribution is -0.143. The number of rotatable bonds is 7. The lowest BCUT2D eigenvalue weighted by atomic mass is 9.82. The average molecular weight is 500 g/mol. The summed E-state index contributed by atoms with van der Waals surface area (Å²) < 4.78 is 8.39. The molecule has 0 radical (unpaired) electrons. The number of anilines is 2. The number of aromatic nitrogens is 3. The number of fused-ring (bicyclic) bond motifs is 2. The SMILES string of the molecule is C[C@@H]1[C@@H]([Si](C)(C)O)[C@H](CCn2cc(CCO)nn2)O[C@@]12C(=O)Nc1ccc(N3CCCC3=O)cc12. The quantitative estimate of drug-likeness (QED) is 0.495. The molecule has 1 aromatic carbocycles. The molecule has 10 nitrogen and oxygen atoms in total. The van der Waals surface area contributed by atoms with Gasteiger partial charge < -0.3 is 24.9 Å². The number of hydrogen-bond acceptors (Lipinski definition) is 7. The van der Waals surface area contributed by atoms with Crippen molar-refractivity contribution >= 4 is 31.5 Å². The van der Waals surface area contributed by atoms with Crippen molar-refractivity contribution in [1.29, 1.82) is 0 Å². The average Bonchev–Trinajstić information content (AvgIpc) is 3.54. The first-order chi connectivity index (χ1) is 16.6. The molecular formula is C24H33N5O5Si. The highest BCUT2D eigenvalue weighted by Gasteiger charge is 2.64. The van der Waals surface area contributed by atoms with Crippen LogP contribution in [-0.4, -0.2) is 64.3 Å². The summed E-state index contributed by atoms with van der Waals surface area (Å²) in [6.45, 7) is 6.98. The molecule has 2 fully saturated rings. The number of amides is 2. The van der Waals surface area contributed by atoms with E-state index in [0.29, 0.717) is 43.7 Å². The molecule has 3 N–H and O–H groups in total. The molecule has 1 spiro atoms. The molecule has 0 bridgehead atoms. The van der Waals surface area contributed by atoms with Crippen LogP contribution in [0, 0.1) is 5.92 Å². The van der Waals surface area contributed by atoms with Gasteiger partial charge in [-0.15, -0.1) is 5.10 Å². The smallest absolute Gasteiger partial charge is 0.261 e. The lowest BCUT2D eigenvalue weighted by Gasteiger charge is -2.32. The van der Waals surface area contributed by atoms with Gasteiger partial charge in [0, 0.05) is 67.1 Å². The summed E-state index contributed by atoms with van der Waals surface area (Å²) in [7, 11) is -2.74. The molecule has 0 saturated carbocycles. The third-order valence-electron chi connectivity index (χ3n) is 7.70. The van der Waals surface area contributed by atoms with Gasteiger partial charge in [-0.05, 0) is 44.1 Å². The normalized spacial score (nSPS) is 28.3. The molecule has 35 heavy (non-hydrogen) atoms. The minimum Gasteiger partial charge on any atom is -0.432 e. The standard InChI is InChI=1S/C24H33N5O5Si/c1-15-22(35(2,3)33)20(8-11-28-14-16(9-12-30)26-27-28)34-24(15)18-13-17(29-10-4-5-21(29)31)6-7-19(18)25-23(24)32/h6-7,13-15,20,22,30,33H,4-5,8-12H2,1-3H3,(H,25,32)/t15-,20+,22-,24+/m1/s1. The van der Waals surface area contributed by atoms with Crippen LogP contribution in [-0.2, 0) is 32.9 Å². The summed E-state index contributed by atoms with van der Waals surface area (Å²) in [6.07, 6.45) is 3.81. The number of ether oxygens (including phenoxy) is 1. The molecular weight excluding hydrogens is 466 g/mol. The molecule has 4 heterocycles. The Hall–Kier alpha value is -2.60. The Kier molecular flexibility index (Phi) is 6.07. The molecule has 0 aliphatic carbocycles. The largest absolute Gasteiger partial charge is 0.432 e. The van der Waals surface area contributed by atoms with Gasteiger partial charge in [-0.25, -0.2) is 0 Å². The third-order valence-corrected chi connectivity index (χ3v) is 10.2. The Morgan fingerprint density at radius 1 is 1.31 bits per heavy atom. The molecule has 2 aromatic rings. The molecule has 3 aliphatic rings. The number of carbonyl (C=O) groups is 2. The first-order valence-corrected chi connectivity index (χ1v) is 15.3. The van der Waals surface area contributed by atoms with Crippen molar-refractivity contribution in [3.63, 3.8) is 0 Å². The molecule has 3 aliphatic heterocycles. The van der Waals surface area contributed by atoms with E-state index in [1.807, 2.05) is 38.2 Å². The van der Waals surface area contributed by atoms with E-state index >= 15 is 0 Å². The number of nitrogens with zero attached hydrogens (tertiary/aromatic N) is 4. The van der Waals surface area contributed by atoms with Crippen LogP contribution in [0.15, 0.2) is 24.4 Å². The van der Waals surface area contributed by atoms with Crippen molar-refractivity contribution in [2.75, 3.05) is 23.4 Å². The van der Waals surface area contributed by atoms with Gasteiger partial charge in [-0.1, -0.05) is 12.1 Å². The maximum atomic E-state index is 13.5. The van der Waals surface area contributed by atoms with Crippen molar-refractivity contribution in [2.45, 2.75) is 69.5 Å². The number of aryl methyl sites for hydroxylation is 1. The number of nitrogens with one attached hydrogen (secondary N) is 1. The Balaban J connectivity index is 1.47. The number of benzene rings is 1. The summed E-state index contributed by atoms with van der Waals surface area (Å²) in [5.74, 6) is -0.392. The fraction of sp³-hybridized carbons (Fsp3) is 0.583. The fourth-order valence-corrected chi connectivity index (χ4v) is 8.78. The van der Waals surface area contributed by atoms with Crippen molar-refractivity contribution in [3.05, 3.63) is 35.7 Å². The number of aliphatic hydroxyl groups is 1. The van der Waals surface area contributed by atoms with Gasteiger partial charge in [0.15, 0.2) is 13.9 Å². The van der Waals surface area contributed by atoms with E-state index in [1.54, 1.807) is 15.8 Å². The van der Waals surface area contributed by atoms with Crippen LogP contribution >= 0.6 is 0 Å². The second-order valence-corrected chi connectivity index (χ2v) is 14.4. The van der Waals surface area contributed by atoms with Crippen molar-refractivity contribution in [3.8, 4) is 0 Å². The van der Waals surface area contributed by atoms with Crippen LogP contribution in [0.2, 0.25) is 18.6 Å². The first-order valence-electron chi connectivity index (χ1n) is 12.3. The minimum absolute atomic E-state index is 0.0103. The Morgan fingerprint density at radius 3 is 2.80 bits per heavy atom. The predicted octanol–water partition coefficient (Wildman–Crippen LogP) is 1.78. The van der Waals surface area contributed by atoms with Gasteiger partial charge in [0.1, 0.15) is 0 Å². The maximum absolute atomic E-state index is 13.5. The monoisotopic (exact) mass is 499 g/mol. The van der Waals surface area contributed by atoms with Gasteiger partial charge in [-0.3, -0.25) is 14.3 Å². The molecule has 5 rings (SSSR count). The highest BCUT2D eigenvalue weighted by molar-refractivity contribution is 6.71. The van der Waals surface area contributed by atoms with Gasteiger partial charge in [0.05, 0.1) is 11.8 Å². The van der Waals surface area contributed by atoms with Gasteiger partial charge >= 0.3 is 0 Å². The van der Waals surface area contributed by atoms with Gasteiger partial charge in [-0.2, -0.15) is 0 Å². The van der Waals surface area contributed by atoms with E-state index in [0.717, 1.165) is 17.7 Å². The molecule has 2 amide bonds. The Bertz CT molecular complexity index is 1150. The second-order valence-electron chi connectivity index (χ2n) is 10.4. The van der Waals surface area contributed by atoms with Crippen LogP contribution < -0.4 is 10.2 Å². The summed E-state index contributed by atoms with van der Waals surface area (Å²) in [5.41, 5.74) is 1.52. The predicted molar refractivity (Wildman–Crippen MR) is 131 cm³/mol. The van der Waals surface area contributed by atoms with E-state index in [2.05, 4.69) is 15.6 Å². The lowest BCUT2D eigenvalue weighted by Crippen LogP contribution is -2.43. The molecule has 1 aromatic heterocycles. The van der Waals surface area contributed by atoms with Crippen LogP contribution in [0.25, 0.3) is 0 Å². The van der Waals surface area contributed by atoms with E-state index in [1.165, 1.54) is 0 Å². The Morgan fingerprint density at radius 2 is 2.11 bits per heavy atom. The summed E-state index contributed by atoms with van der Waals surface area (Å²) >= 11 is 0. The van der Waals surface area contributed by atoms with Crippen LogP contribution in [0.4, 0.5) is 11.4 Å². The van der Waals surface area contributed by atoms with E-state index < -0.39 is 13.9 Å². The highest BCUT2D eigenvalue weighted by atomic mass is 28.4. The molecule has 188 valence electrons. The first kappa shape index (κ1) is 24.1. The van der Waals surface area contributed by atoms with Crippen LogP contribution in [0.3, 0.4) is 0 Å². The summed E-state index contributed by atoms with van der Waals surface area (Å²) in [5, 5.41) is 20.3. The molecule has 2 saturated heterocycles. The van der Waals surface area contributed by atoms with Crippen molar-refractivity contribution in [2.24, 2.45) is 5.92 Å². The summed E-state index contributed by atoms with van der Waals surface area (Å²) in [6, 6.07) is 5.63. The van der Waals surface area contributed by atoms with E-state index in [4.69, 9.17) is 9.84 Å². The van der Waals surface area contributed by atoms with Gasteiger partial charge in [0.25, 0.3) is 5.91 Å². The number of hydrogen-bond donors (Lipinski definition) is 3. The van der Waals surface area contributed by atoms with Crippen LogP contribution in [0.1, 0.15) is 37.4 Å². The Labute approximate surface area is 205 Å².